The lowest BCUT2D eigenvalue weighted by atomic mass is 9.51. The van der Waals surface area contributed by atoms with E-state index in [1.807, 2.05) is 14.0 Å². The maximum Gasteiger partial charge on any atom is 0.147 e. The zero-order valence-electron chi connectivity index (χ0n) is 12.7. The van der Waals surface area contributed by atoms with Gasteiger partial charge in [-0.25, -0.2) is 9.67 Å². The molecule has 0 spiro atoms. The fraction of sp³-hybridized carbons (Fsp3) is 0.875. The largest absolute Gasteiger partial charge is 0.318 e. The van der Waals surface area contributed by atoms with Gasteiger partial charge in [0.25, 0.3) is 0 Å². The Labute approximate surface area is 121 Å². The summed E-state index contributed by atoms with van der Waals surface area (Å²) in [6.45, 7) is 3.97. The molecule has 1 aromatic heterocycles. The molecule has 4 heteroatoms. The van der Waals surface area contributed by atoms with Gasteiger partial charge in [0, 0.05) is 12.5 Å². The third kappa shape index (κ3) is 2.00. The Morgan fingerprint density at radius 2 is 1.75 bits per heavy atom. The number of nitrogens with one attached hydrogen (secondary N) is 1. The normalized spacial score (nSPS) is 38.6. The van der Waals surface area contributed by atoms with Crippen molar-refractivity contribution in [1.29, 1.82) is 0 Å². The molecule has 1 N–H and O–H groups in total. The van der Waals surface area contributed by atoms with E-state index >= 15 is 0 Å². The number of aryl methyl sites for hydroxylation is 1. The predicted octanol–water partition coefficient (Wildman–Crippen LogP) is 2.35. The standard InChI is InChI=1S/C16H26N4/c1-10-18-16(20(19-10)4-3-17-2)15-13-6-11-5-12(8-13)9-14(15)7-11/h11-15,17H,3-9H2,1-2H3. The predicted molar refractivity (Wildman–Crippen MR) is 78.5 cm³/mol. The number of hydrogen-bond acceptors (Lipinski definition) is 3. The average molecular weight is 274 g/mol. The van der Waals surface area contributed by atoms with E-state index in [0.717, 1.165) is 42.6 Å². The topological polar surface area (TPSA) is 42.7 Å². The van der Waals surface area contributed by atoms with Gasteiger partial charge in [0.15, 0.2) is 0 Å². The molecule has 0 aliphatic heterocycles. The van der Waals surface area contributed by atoms with Crippen LogP contribution in [0, 0.1) is 30.6 Å². The summed E-state index contributed by atoms with van der Waals surface area (Å²) in [7, 11) is 2.01. The second-order valence-corrected chi connectivity index (χ2v) is 7.30. The summed E-state index contributed by atoms with van der Waals surface area (Å²) < 4.78 is 2.19. The molecule has 0 unspecified atom stereocenters. The number of likely N-dealkylation sites (N-methyl/N-ethyl adjacent to an activating group) is 1. The van der Waals surface area contributed by atoms with Gasteiger partial charge >= 0.3 is 0 Å². The molecule has 4 bridgehead atoms. The van der Waals surface area contributed by atoms with E-state index in [1.54, 1.807) is 0 Å². The first-order valence-electron chi connectivity index (χ1n) is 8.30. The van der Waals surface area contributed by atoms with Gasteiger partial charge in [0.2, 0.25) is 0 Å². The van der Waals surface area contributed by atoms with E-state index < -0.39 is 0 Å². The summed E-state index contributed by atoms with van der Waals surface area (Å²) in [5, 5.41) is 7.88. The molecule has 4 saturated carbocycles. The van der Waals surface area contributed by atoms with Crippen molar-refractivity contribution in [1.82, 2.24) is 20.1 Å². The minimum absolute atomic E-state index is 0.695. The lowest BCUT2D eigenvalue weighted by molar-refractivity contribution is -0.00709. The Hall–Kier alpha value is -0.900. The molecule has 4 aliphatic carbocycles. The molecule has 1 aromatic rings. The van der Waals surface area contributed by atoms with Crippen molar-refractivity contribution in [3.05, 3.63) is 11.6 Å². The lowest BCUT2D eigenvalue weighted by Crippen LogP contribution is -2.44. The Bertz CT molecular complexity index is 465. The molecular weight excluding hydrogens is 248 g/mol. The fourth-order valence-corrected chi connectivity index (χ4v) is 5.45. The van der Waals surface area contributed by atoms with Gasteiger partial charge in [-0.1, -0.05) is 0 Å². The maximum absolute atomic E-state index is 4.83. The van der Waals surface area contributed by atoms with E-state index in [2.05, 4.69) is 15.1 Å². The van der Waals surface area contributed by atoms with Crippen molar-refractivity contribution in [2.75, 3.05) is 13.6 Å². The van der Waals surface area contributed by atoms with Crippen molar-refractivity contribution in [2.24, 2.45) is 23.7 Å². The van der Waals surface area contributed by atoms with Crippen LogP contribution >= 0.6 is 0 Å². The fourth-order valence-electron chi connectivity index (χ4n) is 5.45. The van der Waals surface area contributed by atoms with E-state index in [1.165, 1.54) is 37.9 Å². The second kappa shape index (κ2) is 4.83. The number of rotatable bonds is 4. The first kappa shape index (κ1) is 12.8. The van der Waals surface area contributed by atoms with Crippen LogP contribution in [0.4, 0.5) is 0 Å². The van der Waals surface area contributed by atoms with Crippen LogP contribution in [-0.2, 0) is 6.54 Å². The van der Waals surface area contributed by atoms with Gasteiger partial charge in [-0.15, -0.1) is 0 Å². The van der Waals surface area contributed by atoms with Gasteiger partial charge in [-0.05, 0) is 69.7 Å². The van der Waals surface area contributed by atoms with Gasteiger partial charge in [0.05, 0.1) is 6.54 Å². The molecule has 1 heterocycles. The smallest absolute Gasteiger partial charge is 0.147 e. The molecular formula is C16H26N4. The van der Waals surface area contributed by atoms with E-state index in [-0.39, 0.29) is 0 Å². The highest BCUT2D eigenvalue weighted by molar-refractivity contribution is 5.12. The molecule has 4 nitrogen and oxygen atoms in total. The van der Waals surface area contributed by atoms with Crippen molar-refractivity contribution in [3.8, 4) is 0 Å². The minimum Gasteiger partial charge on any atom is -0.318 e. The number of hydrogen-bond donors (Lipinski definition) is 1. The highest BCUT2D eigenvalue weighted by Crippen LogP contribution is 2.59. The van der Waals surface area contributed by atoms with E-state index in [9.17, 15) is 0 Å². The van der Waals surface area contributed by atoms with Crippen LogP contribution in [0.2, 0.25) is 0 Å². The zero-order chi connectivity index (χ0) is 13.7. The Morgan fingerprint density at radius 3 is 2.35 bits per heavy atom. The molecule has 0 radical (unpaired) electrons. The summed E-state index contributed by atoms with van der Waals surface area (Å²) >= 11 is 0. The van der Waals surface area contributed by atoms with Gasteiger partial charge < -0.3 is 5.32 Å². The number of nitrogens with zero attached hydrogens (tertiary/aromatic N) is 3. The Kier molecular flexibility index (Phi) is 3.09. The lowest BCUT2D eigenvalue weighted by Gasteiger charge is -2.54. The molecule has 0 amide bonds. The third-order valence-corrected chi connectivity index (χ3v) is 5.90. The molecule has 0 atom stereocenters. The highest BCUT2D eigenvalue weighted by Gasteiger charge is 2.50. The SMILES string of the molecule is CNCCn1nc(C)nc1C1C2CC3CC(C2)CC1C3. The maximum atomic E-state index is 4.83. The van der Waals surface area contributed by atoms with Crippen LogP contribution in [0.1, 0.15) is 49.7 Å². The van der Waals surface area contributed by atoms with Gasteiger partial charge in [0.1, 0.15) is 11.6 Å². The van der Waals surface area contributed by atoms with Crippen LogP contribution < -0.4 is 5.32 Å². The van der Waals surface area contributed by atoms with Crippen molar-refractivity contribution >= 4 is 0 Å². The van der Waals surface area contributed by atoms with Gasteiger partial charge in [-0.2, -0.15) is 5.10 Å². The first-order valence-corrected chi connectivity index (χ1v) is 8.30. The summed E-state index contributed by atoms with van der Waals surface area (Å²) in [4.78, 5) is 4.83. The zero-order valence-corrected chi connectivity index (χ0v) is 12.7. The summed E-state index contributed by atoms with van der Waals surface area (Å²) in [5.41, 5.74) is 0. The van der Waals surface area contributed by atoms with Crippen molar-refractivity contribution in [3.63, 3.8) is 0 Å². The molecule has 4 aliphatic rings. The molecule has 0 saturated heterocycles. The molecule has 110 valence electrons. The molecule has 0 aromatic carbocycles. The second-order valence-electron chi connectivity index (χ2n) is 7.30. The van der Waals surface area contributed by atoms with Crippen LogP contribution in [-0.4, -0.2) is 28.4 Å². The van der Waals surface area contributed by atoms with Crippen molar-refractivity contribution in [2.45, 2.75) is 51.5 Å². The number of aromatic nitrogens is 3. The average Bonchev–Trinajstić information content (AvgIpc) is 2.76. The third-order valence-electron chi connectivity index (χ3n) is 5.90. The summed E-state index contributed by atoms with van der Waals surface area (Å²) in [6, 6.07) is 0. The molecule has 20 heavy (non-hydrogen) atoms. The van der Waals surface area contributed by atoms with E-state index in [4.69, 9.17) is 4.98 Å². The summed E-state index contributed by atoms with van der Waals surface area (Å²) in [5.74, 6) is 6.79. The van der Waals surface area contributed by atoms with Crippen LogP contribution in [0.15, 0.2) is 0 Å². The monoisotopic (exact) mass is 274 g/mol. The molecule has 5 rings (SSSR count). The molecule has 4 fully saturated rings. The van der Waals surface area contributed by atoms with Crippen LogP contribution in [0.25, 0.3) is 0 Å². The van der Waals surface area contributed by atoms with Crippen molar-refractivity contribution < 1.29 is 0 Å². The Morgan fingerprint density at radius 1 is 1.10 bits per heavy atom. The first-order chi connectivity index (χ1) is 9.74. The highest BCUT2D eigenvalue weighted by atomic mass is 15.4. The van der Waals surface area contributed by atoms with Gasteiger partial charge in [-0.3, -0.25) is 0 Å². The quantitative estimate of drug-likeness (QED) is 0.916. The minimum atomic E-state index is 0.695. The van der Waals surface area contributed by atoms with E-state index in [0.29, 0.717) is 5.92 Å². The van der Waals surface area contributed by atoms with Crippen LogP contribution in [0.5, 0.6) is 0 Å². The Balaban J connectivity index is 1.64. The summed E-state index contributed by atoms with van der Waals surface area (Å²) in [6.07, 6.45) is 7.33. The van der Waals surface area contributed by atoms with Crippen LogP contribution in [0.3, 0.4) is 0 Å².